The van der Waals surface area contributed by atoms with Gasteiger partial charge in [-0.3, -0.25) is 4.79 Å². The summed E-state index contributed by atoms with van der Waals surface area (Å²) in [4.78, 5) is 11.0. The summed E-state index contributed by atoms with van der Waals surface area (Å²) in [5.41, 5.74) is 0. The maximum absolute atomic E-state index is 13.7. The first kappa shape index (κ1) is 21.2. The van der Waals surface area contributed by atoms with Gasteiger partial charge in [-0.05, 0) is 13.5 Å². The maximum Gasteiger partial charge on any atom is 0.219 e. The van der Waals surface area contributed by atoms with Gasteiger partial charge in [-0.2, -0.15) is 0 Å². The summed E-state index contributed by atoms with van der Waals surface area (Å²) in [6.07, 6.45) is -1.44. The highest BCUT2D eigenvalue weighted by atomic mass is 19.1. The highest BCUT2D eigenvalue weighted by Gasteiger charge is 2.17. The van der Waals surface area contributed by atoms with E-state index in [1.165, 1.54) is 0 Å². The van der Waals surface area contributed by atoms with E-state index in [0.717, 1.165) is 13.1 Å². The van der Waals surface area contributed by atoms with Crippen LogP contribution in [0.5, 0.6) is 0 Å². The number of nitrogens with one attached hydrogen (secondary N) is 2. The predicted molar refractivity (Wildman–Crippen MR) is 83.8 cm³/mol. The third-order valence-corrected chi connectivity index (χ3v) is 2.98. The van der Waals surface area contributed by atoms with Crippen molar-refractivity contribution in [3.05, 3.63) is 0 Å². The molecule has 0 radical (unpaired) electrons. The molecule has 0 bridgehead atoms. The average molecular weight is 322 g/mol. The molecule has 0 saturated heterocycles. The Kier molecular flexibility index (Phi) is 14.6. The van der Waals surface area contributed by atoms with Crippen molar-refractivity contribution in [2.75, 3.05) is 52.7 Å². The minimum absolute atomic E-state index is 0.0195. The number of amides is 1. The molecule has 0 saturated carbocycles. The summed E-state index contributed by atoms with van der Waals surface area (Å²) >= 11 is 0. The Bertz CT molecular complexity index is 270. The van der Waals surface area contributed by atoms with E-state index < -0.39 is 12.3 Å². The molecule has 0 aromatic heterocycles. The van der Waals surface area contributed by atoms with Crippen molar-refractivity contribution in [3.63, 3.8) is 0 Å². The molecule has 1 amide bonds. The SMILES string of the molecule is CCNCCOCCOCCOC(C)C(F)CNC(=O)CC. The number of carbonyl (C=O) groups excluding carboxylic acids is 1. The number of carbonyl (C=O) groups is 1. The topological polar surface area (TPSA) is 68.8 Å². The first-order valence-electron chi connectivity index (χ1n) is 8.00. The van der Waals surface area contributed by atoms with Crippen molar-refractivity contribution >= 4 is 5.91 Å². The van der Waals surface area contributed by atoms with Crippen LogP contribution in [0.4, 0.5) is 4.39 Å². The number of hydrogen-bond acceptors (Lipinski definition) is 5. The Hall–Kier alpha value is -0.760. The maximum atomic E-state index is 13.7. The van der Waals surface area contributed by atoms with E-state index in [4.69, 9.17) is 14.2 Å². The van der Waals surface area contributed by atoms with Crippen LogP contribution in [0.15, 0.2) is 0 Å². The largest absolute Gasteiger partial charge is 0.378 e. The molecule has 0 fully saturated rings. The van der Waals surface area contributed by atoms with Gasteiger partial charge in [0.2, 0.25) is 5.91 Å². The van der Waals surface area contributed by atoms with Gasteiger partial charge in [-0.15, -0.1) is 0 Å². The van der Waals surface area contributed by atoms with Gasteiger partial charge in [0.05, 0.1) is 45.7 Å². The van der Waals surface area contributed by atoms with Gasteiger partial charge < -0.3 is 24.8 Å². The molecule has 0 aliphatic rings. The molecular formula is C15H31FN2O4. The van der Waals surface area contributed by atoms with Crippen LogP contribution in [0, 0.1) is 0 Å². The number of halogens is 1. The second kappa shape index (κ2) is 15.1. The Morgan fingerprint density at radius 2 is 1.73 bits per heavy atom. The molecular weight excluding hydrogens is 291 g/mol. The van der Waals surface area contributed by atoms with Crippen molar-refractivity contribution in [2.24, 2.45) is 0 Å². The molecule has 0 aliphatic heterocycles. The Morgan fingerprint density at radius 1 is 1.09 bits per heavy atom. The van der Waals surface area contributed by atoms with Crippen molar-refractivity contribution in [2.45, 2.75) is 39.5 Å². The first-order valence-corrected chi connectivity index (χ1v) is 8.00. The minimum atomic E-state index is -1.22. The monoisotopic (exact) mass is 322 g/mol. The molecule has 22 heavy (non-hydrogen) atoms. The van der Waals surface area contributed by atoms with Crippen LogP contribution in [0.2, 0.25) is 0 Å². The van der Waals surface area contributed by atoms with Crippen LogP contribution in [-0.4, -0.2) is 70.9 Å². The lowest BCUT2D eigenvalue weighted by Crippen LogP contribution is -2.36. The molecule has 2 N–H and O–H groups in total. The third kappa shape index (κ3) is 12.9. The highest BCUT2D eigenvalue weighted by molar-refractivity contribution is 5.75. The normalized spacial score (nSPS) is 13.8. The molecule has 132 valence electrons. The van der Waals surface area contributed by atoms with E-state index in [-0.39, 0.29) is 12.5 Å². The molecule has 0 spiro atoms. The molecule has 7 heteroatoms. The van der Waals surface area contributed by atoms with Gasteiger partial charge in [0.15, 0.2) is 0 Å². The highest BCUT2D eigenvalue weighted by Crippen LogP contribution is 2.02. The summed E-state index contributed by atoms with van der Waals surface area (Å²) < 4.78 is 29.7. The summed E-state index contributed by atoms with van der Waals surface area (Å²) in [6.45, 7) is 9.59. The van der Waals surface area contributed by atoms with Gasteiger partial charge in [-0.25, -0.2) is 4.39 Å². The quantitative estimate of drug-likeness (QED) is 0.438. The van der Waals surface area contributed by atoms with Gasteiger partial charge in [0.25, 0.3) is 0 Å². The van der Waals surface area contributed by atoms with Crippen LogP contribution in [-0.2, 0) is 19.0 Å². The average Bonchev–Trinajstić information content (AvgIpc) is 2.53. The van der Waals surface area contributed by atoms with E-state index in [1.807, 2.05) is 6.92 Å². The molecule has 2 unspecified atom stereocenters. The molecule has 0 heterocycles. The fraction of sp³-hybridized carbons (Fsp3) is 0.933. The number of ether oxygens (including phenoxy) is 3. The minimum Gasteiger partial charge on any atom is -0.378 e. The third-order valence-electron chi connectivity index (χ3n) is 2.98. The molecule has 0 rings (SSSR count). The van der Waals surface area contributed by atoms with Gasteiger partial charge in [0, 0.05) is 13.0 Å². The van der Waals surface area contributed by atoms with Crippen LogP contribution < -0.4 is 10.6 Å². The summed E-state index contributed by atoms with van der Waals surface area (Å²) in [5, 5.41) is 5.66. The van der Waals surface area contributed by atoms with Crippen molar-refractivity contribution in [3.8, 4) is 0 Å². The number of likely N-dealkylation sites (N-methyl/N-ethyl adjacent to an activating group) is 1. The Morgan fingerprint density at radius 3 is 2.36 bits per heavy atom. The van der Waals surface area contributed by atoms with Crippen molar-refractivity contribution in [1.29, 1.82) is 0 Å². The molecule has 6 nitrogen and oxygen atoms in total. The van der Waals surface area contributed by atoms with Gasteiger partial charge in [0.1, 0.15) is 6.17 Å². The van der Waals surface area contributed by atoms with E-state index in [9.17, 15) is 9.18 Å². The fourth-order valence-corrected chi connectivity index (χ4v) is 1.54. The van der Waals surface area contributed by atoms with Crippen molar-refractivity contribution < 1.29 is 23.4 Å². The summed E-state index contributed by atoms with van der Waals surface area (Å²) in [7, 11) is 0. The Balaban J connectivity index is 3.37. The molecule has 0 aliphatic carbocycles. The standard InChI is InChI=1S/C15H31FN2O4/c1-4-15(19)18-12-14(16)13(3)22-11-10-21-9-8-20-7-6-17-5-2/h13-14,17H,4-12H2,1-3H3,(H,18,19). The fourth-order valence-electron chi connectivity index (χ4n) is 1.54. The second-order valence-electron chi connectivity index (χ2n) is 4.83. The van der Waals surface area contributed by atoms with Crippen LogP contribution in [0.3, 0.4) is 0 Å². The smallest absolute Gasteiger partial charge is 0.219 e. The zero-order valence-corrected chi connectivity index (χ0v) is 14.0. The number of hydrogen-bond donors (Lipinski definition) is 2. The van der Waals surface area contributed by atoms with Crippen LogP contribution >= 0.6 is 0 Å². The van der Waals surface area contributed by atoms with Gasteiger partial charge >= 0.3 is 0 Å². The number of rotatable bonds is 15. The van der Waals surface area contributed by atoms with Crippen LogP contribution in [0.1, 0.15) is 27.2 Å². The molecule has 0 aromatic carbocycles. The Labute approximate surface area is 133 Å². The molecule has 2 atom stereocenters. The lowest BCUT2D eigenvalue weighted by atomic mass is 10.2. The van der Waals surface area contributed by atoms with E-state index in [2.05, 4.69) is 10.6 Å². The second-order valence-corrected chi connectivity index (χ2v) is 4.83. The summed E-state index contributed by atoms with van der Waals surface area (Å²) in [6, 6.07) is 0. The number of alkyl halides is 1. The van der Waals surface area contributed by atoms with Gasteiger partial charge in [-0.1, -0.05) is 13.8 Å². The van der Waals surface area contributed by atoms with E-state index in [0.29, 0.717) is 39.5 Å². The zero-order valence-electron chi connectivity index (χ0n) is 14.0. The first-order chi connectivity index (χ1) is 10.6. The lowest BCUT2D eigenvalue weighted by molar-refractivity contribution is -0.121. The van der Waals surface area contributed by atoms with Crippen LogP contribution in [0.25, 0.3) is 0 Å². The van der Waals surface area contributed by atoms with E-state index >= 15 is 0 Å². The predicted octanol–water partition coefficient (Wildman–Crippen LogP) is 0.899. The van der Waals surface area contributed by atoms with Crippen molar-refractivity contribution in [1.82, 2.24) is 10.6 Å². The zero-order chi connectivity index (χ0) is 16.6. The lowest BCUT2D eigenvalue weighted by Gasteiger charge is -2.18. The van der Waals surface area contributed by atoms with E-state index in [1.54, 1.807) is 13.8 Å². The summed E-state index contributed by atoms with van der Waals surface area (Å²) in [5.74, 6) is -0.160. The molecule has 0 aromatic rings.